The number of rotatable bonds is 4. The maximum Gasteiger partial charge on any atom is 0.240 e. The lowest BCUT2D eigenvalue weighted by atomic mass is 10.1. The normalized spacial score (nSPS) is 12.5. The van der Waals surface area contributed by atoms with Crippen molar-refractivity contribution in [2.75, 3.05) is 0 Å². The van der Waals surface area contributed by atoms with Crippen LogP contribution in [0, 0.1) is 12.7 Å². The molecule has 0 aliphatic carbocycles. The third-order valence-electron chi connectivity index (χ3n) is 2.84. The third kappa shape index (κ3) is 3.11. The highest BCUT2D eigenvalue weighted by Crippen LogP contribution is 2.35. The Morgan fingerprint density at radius 1 is 1.38 bits per heavy atom. The van der Waals surface area contributed by atoms with Gasteiger partial charge in [0.2, 0.25) is 11.7 Å². The summed E-state index contributed by atoms with van der Waals surface area (Å²) in [6.45, 7) is 3.65. The monoisotopic (exact) mass is 322 g/mol. The van der Waals surface area contributed by atoms with E-state index < -0.39 is 0 Å². The van der Waals surface area contributed by atoms with Crippen molar-refractivity contribution >= 4 is 23.1 Å². The van der Waals surface area contributed by atoms with Crippen LogP contribution in [0.1, 0.15) is 23.6 Å². The maximum atomic E-state index is 13.6. The number of hydrogen-bond donors (Lipinski definition) is 0. The van der Waals surface area contributed by atoms with Crippen LogP contribution in [0.25, 0.3) is 11.4 Å². The molecule has 0 aliphatic heterocycles. The molecule has 0 saturated heterocycles. The van der Waals surface area contributed by atoms with Crippen LogP contribution >= 0.6 is 23.1 Å². The molecule has 3 rings (SSSR count). The van der Waals surface area contributed by atoms with Gasteiger partial charge in [-0.25, -0.2) is 4.39 Å². The molecule has 2 heterocycles. The molecule has 1 atom stereocenters. The Hall–Kier alpha value is -1.80. The largest absolute Gasteiger partial charge is 0.338 e. The van der Waals surface area contributed by atoms with E-state index in [4.69, 9.17) is 4.52 Å². The van der Waals surface area contributed by atoms with E-state index >= 15 is 0 Å². The van der Waals surface area contributed by atoms with Crippen molar-refractivity contribution in [3.63, 3.8) is 0 Å². The Morgan fingerprint density at radius 2 is 2.24 bits per heavy atom. The first-order valence-electron chi connectivity index (χ1n) is 6.16. The standard InChI is InChI=1S/C13H11FN4OS2/c1-7-3-4-9(5-10(7)14)11-16-12(19-18-11)8(2)21-13-17-15-6-20-13/h3-6,8H,1-2H3. The van der Waals surface area contributed by atoms with Gasteiger partial charge in [-0.3, -0.25) is 0 Å². The summed E-state index contributed by atoms with van der Waals surface area (Å²) in [6, 6.07) is 4.88. The summed E-state index contributed by atoms with van der Waals surface area (Å²) in [5, 5.41) is 11.6. The first-order valence-corrected chi connectivity index (χ1v) is 7.92. The average molecular weight is 322 g/mol. The lowest BCUT2D eigenvalue weighted by Crippen LogP contribution is -1.90. The summed E-state index contributed by atoms with van der Waals surface area (Å²) < 4.78 is 19.7. The van der Waals surface area contributed by atoms with E-state index in [1.807, 2.05) is 6.92 Å². The van der Waals surface area contributed by atoms with E-state index in [0.29, 0.717) is 22.8 Å². The van der Waals surface area contributed by atoms with Gasteiger partial charge in [0.1, 0.15) is 11.3 Å². The van der Waals surface area contributed by atoms with Gasteiger partial charge in [0, 0.05) is 5.56 Å². The maximum absolute atomic E-state index is 13.6. The predicted molar refractivity (Wildman–Crippen MR) is 78.6 cm³/mol. The van der Waals surface area contributed by atoms with Gasteiger partial charge >= 0.3 is 0 Å². The van der Waals surface area contributed by atoms with Crippen molar-refractivity contribution in [2.45, 2.75) is 23.4 Å². The highest BCUT2D eigenvalue weighted by Gasteiger charge is 2.18. The zero-order valence-corrected chi connectivity index (χ0v) is 12.9. The van der Waals surface area contributed by atoms with E-state index in [-0.39, 0.29) is 11.1 Å². The van der Waals surface area contributed by atoms with Gasteiger partial charge in [0.15, 0.2) is 4.34 Å². The second-order valence-corrected chi connectivity index (χ2v) is 6.81. The summed E-state index contributed by atoms with van der Waals surface area (Å²) in [7, 11) is 0. The Balaban J connectivity index is 1.80. The van der Waals surface area contributed by atoms with Crippen LogP contribution in [0.3, 0.4) is 0 Å². The highest BCUT2D eigenvalue weighted by atomic mass is 32.2. The molecule has 3 aromatic rings. The van der Waals surface area contributed by atoms with Crippen LogP contribution in [0.4, 0.5) is 4.39 Å². The van der Waals surface area contributed by atoms with Crippen molar-refractivity contribution in [3.8, 4) is 11.4 Å². The Bertz CT molecular complexity index is 744. The highest BCUT2D eigenvalue weighted by molar-refractivity contribution is 8.01. The number of aromatic nitrogens is 4. The molecule has 0 aliphatic rings. The van der Waals surface area contributed by atoms with Gasteiger partial charge in [-0.2, -0.15) is 4.98 Å². The van der Waals surface area contributed by atoms with Crippen molar-refractivity contribution < 1.29 is 8.91 Å². The molecular formula is C13H11FN4OS2. The van der Waals surface area contributed by atoms with Crippen LogP contribution in [-0.2, 0) is 0 Å². The molecule has 0 fully saturated rings. The van der Waals surface area contributed by atoms with Gasteiger partial charge in [-0.15, -0.1) is 10.2 Å². The molecule has 108 valence electrons. The number of benzene rings is 1. The number of halogens is 1. The number of nitrogens with zero attached hydrogens (tertiary/aromatic N) is 4. The molecule has 0 N–H and O–H groups in total. The van der Waals surface area contributed by atoms with E-state index in [1.165, 1.54) is 29.2 Å². The van der Waals surface area contributed by atoms with Crippen molar-refractivity contribution in [3.05, 3.63) is 41.0 Å². The Morgan fingerprint density at radius 3 is 2.95 bits per heavy atom. The van der Waals surface area contributed by atoms with Gasteiger partial charge < -0.3 is 4.52 Å². The quantitative estimate of drug-likeness (QED) is 0.679. The van der Waals surface area contributed by atoms with Gasteiger partial charge in [0.25, 0.3) is 0 Å². The molecule has 0 amide bonds. The topological polar surface area (TPSA) is 64.7 Å². The van der Waals surface area contributed by atoms with Crippen LogP contribution in [-0.4, -0.2) is 20.3 Å². The van der Waals surface area contributed by atoms with Crippen molar-refractivity contribution in [1.29, 1.82) is 0 Å². The molecule has 0 radical (unpaired) electrons. The molecule has 21 heavy (non-hydrogen) atoms. The molecule has 5 nitrogen and oxygen atoms in total. The predicted octanol–water partition coefficient (Wildman–Crippen LogP) is 3.89. The minimum atomic E-state index is -0.282. The van der Waals surface area contributed by atoms with E-state index in [1.54, 1.807) is 24.6 Å². The summed E-state index contributed by atoms with van der Waals surface area (Å²) in [5.41, 5.74) is 2.85. The summed E-state index contributed by atoms with van der Waals surface area (Å²) >= 11 is 2.95. The number of hydrogen-bond acceptors (Lipinski definition) is 7. The molecular weight excluding hydrogens is 311 g/mol. The van der Waals surface area contributed by atoms with E-state index in [9.17, 15) is 4.39 Å². The second kappa shape index (κ2) is 5.90. The first-order chi connectivity index (χ1) is 10.1. The van der Waals surface area contributed by atoms with Crippen LogP contribution < -0.4 is 0 Å². The van der Waals surface area contributed by atoms with E-state index in [0.717, 1.165) is 4.34 Å². The number of aryl methyl sites for hydroxylation is 1. The third-order valence-corrected chi connectivity index (χ3v) is 4.74. The summed E-state index contributed by atoms with van der Waals surface area (Å²) in [6.07, 6.45) is 0. The Kier molecular flexibility index (Phi) is 3.98. The van der Waals surface area contributed by atoms with Gasteiger partial charge in [-0.1, -0.05) is 40.4 Å². The van der Waals surface area contributed by atoms with Gasteiger partial charge in [0.05, 0.1) is 5.25 Å². The van der Waals surface area contributed by atoms with E-state index in [2.05, 4.69) is 20.3 Å². The van der Waals surface area contributed by atoms with Crippen LogP contribution in [0.15, 0.2) is 32.6 Å². The molecule has 0 saturated carbocycles. The zero-order valence-electron chi connectivity index (χ0n) is 11.3. The minimum absolute atomic E-state index is 0.0468. The van der Waals surface area contributed by atoms with Crippen molar-refractivity contribution in [2.24, 2.45) is 0 Å². The fourth-order valence-corrected chi connectivity index (χ4v) is 3.32. The molecule has 1 unspecified atom stereocenters. The SMILES string of the molecule is Cc1ccc(-c2noc(C(C)Sc3nncs3)n2)cc1F. The fraction of sp³-hybridized carbons (Fsp3) is 0.231. The molecule has 1 aromatic carbocycles. The Labute approximate surface area is 128 Å². The molecule has 0 bridgehead atoms. The van der Waals surface area contributed by atoms with Crippen LogP contribution in [0.2, 0.25) is 0 Å². The second-order valence-electron chi connectivity index (χ2n) is 4.38. The van der Waals surface area contributed by atoms with Crippen molar-refractivity contribution in [1.82, 2.24) is 20.3 Å². The van der Waals surface area contributed by atoms with Gasteiger partial charge in [-0.05, 0) is 25.5 Å². The minimum Gasteiger partial charge on any atom is -0.338 e. The zero-order chi connectivity index (χ0) is 14.8. The first kappa shape index (κ1) is 14.2. The van der Waals surface area contributed by atoms with Crippen LogP contribution in [0.5, 0.6) is 0 Å². The molecule has 0 spiro atoms. The summed E-state index contributed by atoms with van der Waals surface area (Å²) in [5.74, 6) is 0.579. The average Bonchev–Trinajstić information content (AvgIpc) is 3.12. The lowest BCUT2D eigenvalue weighted by Gasteiger charge is -2.01. The molecule has 2 aromatic heterocycles. The summed E-state index contributed by atoms with van der Waals surface area (Å²) in [4.78, 5) is 4.32. The number of thioether (sulfide) groups is 1. The molecule has 8 heteroatoms. The fourth-order valence-electron chi connectivity index (χ4n) is 1.67. The smallest absolute Gasteiger partial charge is 0.240 e. The lowest BCUT2D eigenvalue weighted by molar-refractivity contribution is 0.381.